The molecular weight excluding hydrogens is 682 g/mol. The second-order valence-electron chi connectivity index (χ2n) is 12.0. The fourth-order valence-electron chi connectivity index (χ4n) is 4.28. The van der Waals surface area contributed by atoms with E-state index in [0.717, 1.165) is 11.1 Å². The Bertz CT molecular complexity index is 1450. The van der Waals surface area contributed by atoms with Crippen LogP contribution < -0.4 is 56.7 Å². The van der Waals surface area contributed by atoms with Crippen LogP contribution in [0.3, 0.4) is 0 Å². The molecule has 15 heteroatoms. The van der Waals surface area contributed by atoms with Crippen LogP contribution in [0.2, 0.25) is 0 Å². The summed E-state index contributed by atoms with van der Waals surface area (Å²) < 4.78 is 35.9. The monoisotopic (exact) mass is 728 g/mol. The fourth-order valence-corrected chi connectivity index (χ4v) is 6.61. The van der Waals surface area contributed by atoms with E-state index in [1.165, 1.54) is 27.7 Å². The summed E-state index contributed by atoms with van der Waals surface area (Å²) in [4.78, 5) is 61.9. The van der Waals surface area contributed by atoms with E-state index in [4.69, 9.17) is 18.7 Å². The molecule has 0 aliphatic heterocycles. The van der Waals surface area contributed by atoms with Gasteiger partial charge in [0.25, 0.3) is 5.97 Å². The van der Waals surface area contributed by atoms with Gasteiger partial charge in [0.2, 0.25) is 19.9 Å². The largest absolute Gasteiger partial charge is 1.00 e. The van der Waals surface area contributed by atoms with Crippen molar-refractivity contribution in [3.05, 3.63) is 65.5 Å². The second kappa shape index (κ2) is 20.9. The third kappa shape index (κ3) is 15.1. The van der Waals surface area contributed by atoms with Gasteiger partial charge < -0.3 is 34.7 Å². The van der Waals surface area contributed by atoms with Crippen molar-refractivity contribution in [2.24, 2.45) is 17.8 Å². The third-order valence-corrected chi connectivity index (χ3v) is 9.98. The number of hydrogen-bond acceptors (Lipinski definition) is 10. The average molecular weight is 729 g/mol. The molecule has 2 rings (SSSR count). The van der Waals surface area contributed by atoms with E-state index in [1.807, 2.05) is 42.5 Å². The Morgan fingerprint density at radius 1 is 0.755 bits per heavy atom. The molecule has 49 heavy (non-hydrogen) atoms. The minimum atomic E-state index is -4.19. The van der Waals surface area contributed by atoms with Gasteiger partial charge in [-0.05, 0) is 43.0 Å². The summed E-state index contributed by atoms with van der Waals surface area (Å²) in [7, 11) is -4.19. The van der Waals surface area contributed by atoms with E-state index in [-0.39, 0.29) is 57.8 Å². The Kier molecular flexibility index (Phi) is 19.0. The van der Waals surface area contributed by atoms with E-state index in [9.17, 15) is 33.6 Å². The zero-order valence-electron chi connectivity index (χ0n) is 29.6. The SMILES string of the molecule is CC(OC(=O)NC(C)P(=O)(C[C@@H](Cc1ccc(-c2ccccc2)cc1)C(=O)[N-]C(C)C(=O)O)OC(C)OC(=O)C(C)C)OC(=O)C(C)C.[K+]. The molecule has 2 amide bonds. The topological polar surface area (TPSA) is 186 Å². The van der Waals surface area contributed by atoms with Crippen LogP contribution in [0.5, 0.6) is 0 Å². The second-order valence-corrected chi connectivity index (χ2v) is 14.8. The minimum Gasteiger partial charge on any atom is -0.642 e. The van der Waals surface area contributed by atoms with Crippen molar-refractivity contribution in [1.82, 2.24) is 5.32 Å². The first-order valence-electron chi connectivity index (χ1n) is 15.7. The van der Waals surface area contributed by atoms with Gasteiger partial charge in [-0.1, -0.05) is 89.2 Å². The van der Waals surface area contributed by atoms with Gasteiger partial charge in [-0.3, -0.25) is 23.5 Å². The van der Waals surface area contributed by atoms with Gasteiger partial charge in [0.15, 0.2) is 0 Å². The fraction of sp³-hybridized carbons (Fsp3) is 0.500. The predicted molar refractivity (Wildman–Crippen MR) is 178 cm³/mol. The third-order valence-electron chi connectivity index (χ3n) is 7.07. The molecule has 0 saturated carbocycles. The number of nitrogens with one attached hydrogen (secondary N) is 1. The normalized spacial score (nSPS) is 15.3. The smallest absolute Gasteiger partial charge is 0.642 e. The number of aliphatic carboxylic acids is 1. The maximum atomic E-state index is 14.6. The van der Waals surface area contributed by atoms with E-state index in [1.54, 1.807) is 39.8 Å². The summed E-state index contributed by atoms with van der Waals surface area (Å²) in [5.41, 5.74) is 2.56. The van der Waals surface area contributed by atoms with Crippen LogP contribution >= 0.6 is 7.37 Å². The van der Waals surface area contributed by atoms with Gasteiger partial charge in [0, 0.05) is 19.0 Å². The van der Waals surface area contributed by atoms with Crippen LogP contribution in [0.1, 0.15) is 61.0 Å². The standard InChI is InChI=1S/C34H47N2O11P.K/c1-20(2)32(40)44-24(7)46-34(42)36-23(6)48(43,47-25(8)45-33(41)21(3)4)19-29(30(37)35-22(5)31(38)39)18-26-14-16-28(17-15-26)27-12-10-9-11-13-27;/h9-17,20-25,29H,18-19H2,1-8H3,(H3,35,36,37,38,39,42);/q;+1/p-1/t22?,23?,24?,25?,29-,48?;/m1./s1. The molecule has 2 aromatic rings. The molecule has 0 fully saturated rings. The van der Waals surface area contributed by atoms with Crippen molar-refractivity contribution in [3.63, 3.8) is 0 Å². The molecule has 5 unspecified atom stereocenters. The molecule has 0 aliphatic rings. The maximum Gasteiger partial charge on any atom is 1.00 e. The summed E-state index contributed by atoms with van der Waals surface area (Å²) in [5.74, 6) is -6.88. The Balaban J connectivity index is 0.0000120. The quantitative estimate of drug-likeness (QED) is 0.105. The summed E-state index contributed by atoms with van der Waals surface area (Å²) in [5, 5.41) is 15.6. The number of nitrogens with zero attached hydrogens (tertiary/aromatic N) is 1. The van der Waals surface area contributed by atoms with Crippen molar-refractivity contribution < 1.29 is 104 Å². The van der Waals surface area contributed by atoms with Gasteiger partial charge in [-0.2, -0.15) is 0 Å². The van der Waals surface area contributed by atoms with Crippen molar-refractivity contribution in [2.75, 3.05) is 6.16 Å². The van der Waals surface area contributed by atoms with Gasteiger partial charge in [0.1, 0.15) is 5.78 Å². The van der Waals surface area contributed by atoms with Crippen molar-refractivity contribution in [2.45, 2.75) is 86.2 Å². The zero-order chi connectivity index (χ0) is 36.2. The Morgan fingerprint density at radius 3 is 1.78 bits per heavy atom. The van der Waals surface area contributed by atoms with E-state index >= 15 is 0 Å². The van der Waals surface area contributed by atoms with Crippen molar-refractivity contribution in [1.29, 1.82) is 0 Å². The summed E-state index contributed by atoms with van der Waals surface area (Å²) in [6, 6.07) is 15.5. The summed E-state index contributed by atoms with van der Waals surface area (Å²) >= 11 is 0. The molecule has 0 aromatic heterocycles. The maximum absolute atomic E-state index is 14.6. The number of hydrogen-bond donors (Lipinski definition) is 2. The van der Waals surface area contributed by atoms with Crippen LogP contribution in [0, 0.1) is 17.8 Å². The molecular formula is C34H46KN2O11P. The van der Waals surface area contributed by atoms with Gasteiger partial charge in [-0.15, -0.1) is 0 Å². The van der Waals surface area contributed by atoms with Crippen LogP contribution in [0.25, 0.3) is 16.4 Å². The average Bonchev–Trinajstić information content (AvgIpc) is 3.00. The van der Waals surface area contributed by atoms with Gasteiger partial charge >= 0.3 is 69.4 Å². The molecule has 0 heterocycles. The Labute approximate surface area is 330 Å². The number of carboxylic acid groups (broad SMARTS) is 1. The number of esters is 2. The Hall–Kier alpha value is -2.58. The number of ether oxygens (including phenoxy) is 3. The number of amides is 2. The van der Waals surface area contributed by atoms with E-state index < -0.39 is 85.6 Å². The van der Waals surface area contributed by atoms with Crippen LogP contribution in [-0.2, 0) is 48.9 Å². The molecule has 264 valence electrons. The molecule has 0 saturated heterocycles. The minimum absolute atomic E-state index is 0. The van der Waals surface area contributed by atoms with Crippen LogP contribution in [0.15, 0.2) is 54.6 Å². The molecule has 2 N–H and O–H groups in total. The molecule has 0 aliphatic carbocycles. The van der Waals surface area contributed by atoms with Gasteiger partial charge in [0.05, 0.1) is 17.7 Å². The van der Waals surface area contributed by atoms with E-state index in [2.05, 4.69) is 10.6 Å². The number of benzene rings is 2. The predicted octanol–water partition coefficient (Wildman–Crippen LogP) is 3.35. The molecule has 0 bridgehead atoms. The number of carbonyl (C=O) groups excluding carboxylic acids is 4. The number of carbonyl (C=O) groups is 5. The van der Waals surface area contributed by atoms with Crippen molar-refractivity contribution >= 4 is 37.3 Å². The first-order chi connectivity index (χ1) is 22.4. The molecule has 2 aromatic carbocycles. The van der Waals surface area contributed by atoms with Crippen molar-refractivity contribution in [3.8, 4) is 11.1 Å². The first kappa shape index (κ1) is 44.4. The van der Waals surface area contributed by atoms with Gasteiger partial charge in [-0.25, -0.2) is 4.79 Å². The summed E-state index contributed by atoms with van der Waals surface area (Å²) in [6.45, 7) is 11.7. The molecule has 0 radical (unpaired) electrons. The first-order valence-corrected chi connectivity index (χ1v) is 17.6. The zero-order valence-corrected chi connectivity index (χ0v) is 33.6. The van der Waals surface area contributed by atoms with Crippen LogP contribution in [-0.4, -0.2) is 65.6 Å². The van der Waals surface area contributed by atoms with E-state index in [0.29, 0.717) is 5.56 Å². The Morgan fingerprint density at radius 2 is 1.27 bits per heavy atom. The summed E-state index contributed by atoms with van der Waals surface area (Å²) in [6.07, 6.45) is -4.23. The van der Waals surface area contributed by atoms with Crippen LogP contribution in [0.4, 0.5) is 4.79 Å². The molecule has 0 spiro atoms. The number of rotatable bonds is 17. The number of alkyl carbamates (subject to hydrolysis) is 1. The number of carboxylic acids is 1. The molecule has 6 atom stereocenters. The molecule has 13 nitrogen and oxygen atoms in total.